The molecule has 128 valence electrons. The highest BCUT2D eigenvalue weighted by Gasteiger charge is 2.35. The molecule has 25 heavy (non-hydrogen) atoms. The monoisotopic (exact) mass is 352 g/mol. The molecule has 1 heterocycles. The van der Waals surface area contributed by atoms with Gasteiger partial charge in [-0.2, -0.15) is 0 Å². The summed E-state index contributed by atoms with van der Waals surface area (Å²) in [7, 11) is 3.46. The Morgan fingerprint density at radius 2 is 1.76 bits per heavy atom. The van der Waals surface area contributed by atoms with E-state index in [-0.39, 0.29) is 5.91 Å². The Labute approximate surface area is 153 Å². The topological polar surface area (TPSA) is 32.8 Å². The van der Waals surface area contributed by atoms with Gasteiger partial charge in [-0.25, -0.2) is 0 Å². The quantitative estimate of drug-likeness (QED) is 0.610. The summed E-state index contributed by atoms with van der Waals surface area (Å²) in [6.45, 7) is 0.575. The third-order valence-corrected chi connectivity index (χ3v) is 4.72. The fourth-order valence-corrected chi connectivity index (χ4v) is 3.02. The number of methoxy groups -OCH3 is 1. The van der Waals surface area contributed by atoms with Crippen molar-refractivity contribution in [1.29, 1.82) is 0 Å². The third-order valence-electron chi connectivity index (χ3n) is 4.23. The van der Waals surface area contributed by atoms with E-state index in [0.717, 1.165) is 17.7 Å². The number of hydrogen-bond donors (Lipinski definition) is 0. The molecule has 1 saturated heterocycles. The molecule has 0 radical (unpaired) electrons. The van der Waals surface area contributed by atoms with Crippen LogP contribution in [0, 0.1) is 0 Å². The number of nitrogens with zero attached hydrogens (tertiary/aromatic N) is 2. The Bertz CT molecular complexity index is 800. The molecule has 2 aromatic carbocycles. The summed E-state index contributed by atoms with van der Waals surface area (Å²) >= 11 is 5.46. The number of carbonyl (C=O) groups excluding carboxylic acids is 1. The highest BCUT2D eigenvalue weighted by Crippen LogP contribution is 2.23. The van der Waals surface area contributed by atoms with E-state index in [1.807, 2.05) is 55.6 Å². The van der Waals surface area contributed by atoms with E-state index in [4.69, 9.17) is 17.0 Å². The van der Waals surface area contributed by atoms with Crippen LogP contribution in [-0.2, 0) is 11.2 Å². The number of amides is 1. The van der Waals surface area contributed by atoms with Crippen molar-refractivity contribution in [3.8, 4) is 5.75 Å². The molecule has 1 amide bonds. The molecule has 0 N–H and O–H groups in total. The van der Waals surface area contributed by atoms with Gasteiger partial charge in [0, 0.05) is 13.6 Å². The van der Waals surface area contributed by atoms with Gasteiger partial charge in [0.25, 0.3) is 5.91 Å². The van der Waals surface area contributed by atoms with Crippen LogP contribution >= 0.6 is 12.2 Å². The maximum atomic E-state index is 12.8. The minimum absolute atomic E-state index is 0.0563. The zero-order chi connectivity index (χ0) is 17.8. The lowest BCUT2D eigenvalue weighted by Gasteiger charge is -2.16. The molecule has 0 unspecified atom stereocenters. The van der Waals surface area contributed by atoms with Crippen molar-refractivity contribution in [3.63, 3.8) is 0 Å². The lowest BCUT2D eigenvalue weighted by atomic mass is 10.1. The van der Waals surface area contributed by atoms with E-state index in [1.54, 1.807) is 16.9 Å². The number of carbonyl (C=O) groups is 1. The van der Waals surface area contributed by atoms with Crippen LogP contribution in [0.3, 0.4) is 0 Å². The van der Waals surface area contributed by atoms with E-state index >= 15 is 0 Å². The second-order valence-electron chi connectivity index (χ2n) is 5.84. The van der Waals surface area contributed by atoms with Crippen LogP contribution in [0.4, 0.5) is 0 Å². The molecule has 5 heteroatoms. The normalized spacial score (nSPS) is 16.0. The Morgan fingerprint density at radius 1 is 1.08 bits per heavy atom. The number of benzene rings is 2. The lowest BCUT2D eigenvalue weighted by Crippen LogP contribution is -2.33. The summed E-state index contributed by atoms with van der Waals surface area (Å²) < 4.78 is 5.16. The average molecular weight is 352 g/mol. The molecule has 2 aromatic rings. The maximum absolute atomic E-state index is 12.8. The minimum atomic E-state index is -0.0563. The van der Waals surface area contributed by atoms with Gasteiger partial charge >= 0.3 is 0 Å². The van der Waals surface area contributed by atoms with Crippen molar-refractivity contribution in [1.82, 2.24) is 9.80 Å². The van der Waals surface area contributed by atoms with Crippen molar-refractivity contribution >= 4 is 29.3 Å². The number of hydrogen-bond acceptors (Lipinski definition) is 3. The van der Waals surface area contributed by atoms with Gasteiger partial charge in [0.1, 0.15) is 11.4 Å². The number of likely N-dealkylation sites (N-methyl/N-ethyl adjacent to an activating group) is 1. The molecule has 4 nitrogen and oxygen atoms in total. The molecule has 1 fully saturated rings. The standard InChI is InChI=1S/C20H20N2O2S/c1-21-18(14-16-8-10-17(24-2)11-9-16)19(23)22(20(21)25)13-12-15-6-4-3-5-7-15/h3-11,14H,12-13H2,1-2H3/b18-14+. The Kier molecular flexibility index (Phi) is 5.14. The highest BCUT2D eigenvalue weighted by molar-refractivity contribution is 7.80. The molecule has 0 saturated carbocycles. The first-order valence-electron chi connectivity index (χ1n) is 8.09. The predicted octanol–water partition coefficient (Wildman–Crippen LogP) is 3.34. The van der Waals surface area contributed by atoms with Crippen LogP contribution in [0.15, 0.2) is 60.3 Å². The van der Waals surface area contributed by atoms with Crippen LogP contribution in [0.5, 0.6) is 5.75 Å². The van der Waals surface area contributed by atoms with E-state index in [9.17, 15) is 4.79 Å². The summed E-state index contributed by atoms with van der Waals surface area (Å²) in [5, 5.41) is 0.542. The number of ether oxygens (including phenoxy) is 1. The second kappa shape index (κ2) is 7.49. The maximum Gasteiger partial charge on any atom is 0.276 e. The van der Waals surface area contributed by atoms with Gasteiger partial charge in [0.15, 0.2) is 5.11 Å². The largest absolute Gasteiger partial charge is 0.497 e. The smallest absolute Gasteiger partial charge is 0.276 e. The summed E-state index contributed by atoms with van der Waals surface area (Å²) in [6, 6.07) is 17.7. The molecule has 0 aromatic heterocycles. The molecule has 0 aliphatic carbocycles. The first-order valence-corrected chi connectivity index (χ1v) is 8.50. The Balaban J connectivity index is 1.76. The van der Waals surface area contributed by atoms with Crippen molar-refractivity contribution < 1.29 is 9.53 Å². The lowest BCUT2D eigenvalue weighted by molar-refractivity contribution is -0.122. The fourth-order valence-electron chi connectivity index (χ4n) is 2.75. The van der Waals surface area contributed by atoms with Crippen molar-refractivity contribution in [2.24, 2.45) is 0 Å². The minimum Gasteiger partial charge on any atom is -0.497 e. The Morgan fingerprint density at radius 3 is 2.40 bits per heavy atom. The second-order valence-corrected chi connectivity index (χ2v) is 6.20. The molecule has 0 spiro atoms. The summed E-state index contributed by atoms with van der Waals surface area (Å²) in [4.78, 5) is 16.2. The van der Waals surface area contributed by atoms with Gasteiger partial charge < -0.3 is 9.64 Å². The molecule has 3 rings (SSSR count). The van der Waals surface area contributed by atoms with Crippen LogP contribution in [0.2, 0.25) is 0 Å². The van der Waals surface area contributed by atoms with Gasteiger partial charge in [-0.3, -0.25) is 9.69 Å². The summed E-state index contributed by atoms with van der Waals surface area (Å²) in [5.74, 6) is 0.729. The van der Waals surface area contributed by atoms with Gasteiger partial charge in [0.05, 0.1) is 7.11 Å². The molecular weight excluding hydrogens is 332 g/mol. The average Bonchev–Trinajstić information content (AvgIpc) is 2.85. The zero-order valence-electron chi connectivity index (χ0n) is 14.3. The van der Waals surface area contributed by atoms with Crippen LogP contribution < -0.4 is 4.74 Å². The number of thiocarbonyl (C=S) groups is 1. The first-order chi connectivity index (χ1) is 12.1. The molecule has 1 aliphatic rings. The van der Waals surface area contributed by atoms with Gasteiger partial charge in [-0.1, -0.05) is 42.5 Å². The van der Waals surface area contributed by atoms with Crippen LogP contribution in [0.1, 0.15) is 11.1 Å². The van der Waals surface area contributed by atoms with E-state index in [1.165, 1.54) is 5.56 Å². The van der Waals surface area contributed by atoms with E-state index in [2.05, 4.69) is 12.1 Å². The van der Waals surface area contributed by atoms with Crippen LogP contribution in [0.25, 0.3) is 6.08 Å². The highest BCUT2D eigenvalue weighted by atomic mass is 32.1. The van der Waals surface area contributed by atoms with Gasteiger partial charge in [0.2, 0.25) is 0 Å². The first kappa shape index (κ1) is 17.2. The predicted molar refractivity (Wildman–Crippen MR) is 103 cm³/mol. The van der Waals surface area contributed by atoms with Gasteiger partial charge in [-0.05, 0) is 48.0 Å². The fraction of sp³-hybridized carbons (Fsp3) is 0.200. The van der Waals surface area contributed by atoms with Crippen LogP contribution in [-0.4, -0.2) is 41.5 Å². The Hall–Kier alpha value is -2.66. The van der Waals surface area contributed by atoms with Crippen molar-refractivity contribution in [3.05, 3.63) is 71.4 Å². The molecule has 1 aliphatic heterocycles. The van der Waals surface area contributed by atoms with Crippen molar-refractivity contribution in [2.45, 2.75) is 6.42 Å². The van der Waals surface area contributed by atoms with E-state index < -0.39 is 0 Å². The van der Waals surface area contributed by atoms with E-state index in [0.29, 0.717) is 17.4 Å². The van der Waals surface area contributed by atoms with Gasteiger partial charge in [-0.15, -0.1) is 0 Å². The summed E-state index contributed by atoms with van der Waals surface area (Å²) in [5.41, 5.74) is 2.71. The molecule has 0 bridgehead atoms. The molecule has 0 atom stereocenters. The number of rotatable bonds is 5. The third kappa shape index (κ3) is 3.72. The van der Waals surface area contributed by atoms with Crippen molar-refractivity contribution in [2.75, 3.05) is 20.7 Å². The zero-order valence-corrected chi connectivity index (χ0v) is 15.1. The molecular formula is C20H20N2O2S. The summed E-state index contributed by atoms with van der Waals surface area (Å²) in [6.07, 6.45) is 2.63. The SMILES string of the molecule is COc1ccc(/C=C2\C(=O)N(CCc3ccccc3)C(=S)N2C)cc1.